The molecule has 2 aromatic rings. The minimum Gasteiger partial charge on any atom is -0.371 e. The van der Waals surface area contributed by atoms with Crippen LogP contribution < -0.4 is 15.5 Å². The molecule has 2 heterocycles. The SMILES string of the molecule is CN=C(NCc1ncnn1C)NC1CCN(c2ccc(C(C)(C)C)cc2)CC1. The molecule has 0 bridgehead atoms. The fourth-order valence-corrected chi connectivity index (χ4v) is 3.49. The van der Waals surface area contributed by atoms with Gasteiger partial charge in [-0.3, -0.25) is 9.67 Å². The molecule has 28 heavy (non-hydrogen) atoms. The van der Waals surface area contributed by atoms with Crippen LogP contribution in [0.25, 0.3) is 0 Å². The lowest BCUT2D eigenvalue weighted by Crippen LogP contribution is -2.48. The van der Waals surface area contributed by atoms with Gasteiger partial charge in [0.1, 0.15) is 12.2 Å². The van der Waals surface area contributed by atoms with Crippen LogP contribution in [0.3, 0.4) is 0 Å². The van der Waals surface area contributed by atoms with E-state index in [2.05, 4.69) is 75.6 Å². The highest BCUT2D eigenvalue weighted by atomic mass is 15.3. The summed E-state index contributed by atoms with van der Waals surface area (Å²) in [5.74, 6) is 1.70. The Bertz CT molecular complexity index is 778. The summed E-state index contributed by atoms with van der Waals surface area (Å²) in [4.78, 5) is 11.1. The van der Waals surface area contributed by atoms with Crippen molar-refractivity contribution >= 4 is 11.6 Å². The maximum atomic E-state index is 4.34. The van der Waals surface area contributed by atoms with Crippen LogP contribution in [0, 0.1) is 0 Å². The van der Waals surface area contributed by atoms with Crippen molar-refractivity contribution < 1.29 is 0 Å². The van der Waals surface area contributed by atoms with Gasteiger partial charge >= 0.3 is 0 Å². The second-order valence-corrected chi connectivity index (χ2v) is 8.43. The van der Waals surface area contributed by atoms with Crippen molar-refractivity contribution in [1.82, 2.24) is 25.4 Å². The molecule has 2 N–H and O–H groups in total. The van der Waals surface area contributed by atoms with Crippen molar-refractivity contribution in [3.05, 3.63) is 42.0 Å². The third kappa shape index (κ3) is 5.03. The van der Waals surface area contributed by atoms with Crippen LogP contribution in [-0.4, -0.2) is 46.9 Å². The molecule has 1 aromatic carbocycles. The number of piperidine rings is 1. The molecule has 152 valence electrons. The van der Waals surface area contributed by atoms with E-state index < -0.39 is 0 Å². The highest BCUT2D eigenvalue weighted by Gasteiger charge is 2.21. The quantitative estimate of drug-likeness (QED) is 0.627. The van der Waals surface area contributed by atoms with Gasteiger partial charge in [0.15, 0.2) is 5.96 Å². The second kappa shape index (κ2) is 8.63. The Morgan fingerprint density at radius 3 is 2.39 bits per heavy atom. The molecule has 1 saturated heterocycles. The van der Waals surface area contributed by atoms with Gasteiger partial charge in [0.05, 0.1) is 6.54 Å². The molecule has 0 spiro atoms. The Balaban J connectivity index is 1.48. The monoisotopic (exact) mass is 383 g/mol. The summed E-state index contributed by atoms with van der Waals surface area (Å²) in [6.45, 7) is 9.47. The van der Waals surface area contributed by atoms with Crippen LogP contribution in [0.5, 0.6) is 0 Å². The number of aromatic nitrogens is 3. The highest BCUT2D eigenvalue weighted by molar-refractivity contribution is 5.79. The Kier molecular flexibility index (Phi) is 6.21. The van der Waals surface area contributed by atoms with Crippen molar-refractivity contribution in [1.29, 1.82) is 0 Å². The van der Waals surface area contributed by atoms with Gasteiger partial charge in [-0.25, -0.2) is 4.98 Å². The molecule has 1 aliphatic heterocycles. The van der Waals surface area contributed by atoms with Crippen molar-refractivity contribution in [3.8, 4) is 0 Å². The zero-order valence-corrected chi connectivity index (χ0v) is 17.7. The summed E-state index contributed by atoms with van der Waals surface area (Å²) >= 11 is 0. The summed E-state index contributed by atoms with van der Waals surface area (Å²) in [7, 11) is 3.70. The summed E-state index contributed by atoms with van der Waals surface area (Å²) in [6, 6.07) is 9.47. The van der Waals surface area contributed by atoms with Gasteiger partial charge < -0.3 is 15.5 Å². The Hall–Kier alpha value is -2.57. The molecule has 0 radical (unpaired) electrons. The average molecular weight is 384 g/mol. The summed E-state index contributed by atoms with van der Waals surface area (Å²) in [5, 5.41) is 11.0. The minimum atomic E-state index is 0.198. The lowest BCUT2D eigenvalue weighted by molar-refractivity contribution is 0.461. The molecule has 3 rings (SSSR count). The van der Waals surface area contributed by atoms with Crippen molar-refractivity contribution in [3.63, 3.8) is 0 Å². The second-order valence-electron chi connectivity index (χ2n) is 8.43. The number of rotatable bonds is 4. The summed E-state index contributed by atoms with van der Waals surface area (Å²) < 4.78 is 1.77. The maximum Gasteiger partial charge on any atom is 0.191 e. The van der Waals surface area contributed by atoms with E-state index in [9.17, 15) is 0 Å². The number of nitrogens with zero attached hydrogens (tertiary/aromatic N) is 5. The molecular formula is C21H33N7. The van der Waals surface area contributed by atoms with Crippen molar-refractivity contribution in [2.75, 3.05) is 25.0 Å². The Labute approximate surface area is 168 Å². The average Bonchev–Trinajstić information content (AvgIpc) is 3.10. The summed E-state index contributed by atoms with van der Waals surface area (Å²) in [6.07, 6.45) is 3.74. The van der Waals surface area contributed by atoms with Crippen LogP contribution in [0.4, 0.5) is 5.69 Å². The highest BCUT2D eigenvalue weighted by Crippen LogP contribution is 2.26. The molecule has 0 unspecified atom stereocenters. The van der Waals surface area contributed by atoms with Crippen LogP contribution in [0.1, 0.15) is 45.0 Å². The molecule has 0 aliphatic carbocycles. The van der Waals surface area contributed by atoms with E-state index >= 15 is 0 Å². The fourth-order valence-electron chi connectivity index (χ4n) is 3.49. The number of anilines is 1. The Morgan fingerprint density at radius 2 is 1.86 bits per heavy atom. The van der Waals surface area contributed by atoms with E-state index in [4.69, 9.17) is 0 Å². The van der Waals surface area contributed by atoms with E-state index in [1.54, 1.807) is 18.1 Å². The predicted octanol–water partition coefficient (Wildman–Crippen LogP) is 2.45. The number of hydrogen-bond acceptors (Lipinski definition) is 4. The van der Waals surface area contributed by atoms with Crippen LogP contribution in [-0.2, 0) is 19.0 Å². The number of hydrogen-bond donors (Lipinski definition) is 2. The minimum absolute atomic E-state index is 0.198. The van der Waals surface area contributed by atoms with Crippen LogP contribution in [0.2, 0.25) is 0 Å². The van der Waals surface area contributed by atoms with Gasteiger partial charge in [-0.15, -0.1) is 0 Å². The predicted molar refractivity (Wildman–Crippen MR) is 115 cm³/mol. The number of benzene rings is 1. The third-order valence-electron chi connectivity index (χ3n) is 5.38. The molecule has 7 heteroatoms. The topological polar surface area (TPSA) is 70.4 Å². The van der Waals surface area contributed by atoms with E-state index in [1.807, 2.05) is 7.05 Å². The first-order valence-electron chi connectivity index (χ1n) is 10.0. The van der Waals surface area contributed by atoms with E-state index in [0.29, 0.717) is 12.6 Å². The standard InChI is InChI=1S/C21H33N7/c1-21(2,3)16-6-8-18(9-7-16)28-12-10-17(11-13-28)26-20(22-4)23-14-19-24-15-25-27(19)5/h6-9,15,17H,10-14H2,1-5H3,(H2,22,23,26). The maximum absolute atomic E-state index is 4.34. The van der Waals surface area contributed by atoms with E-state index in [-0.39, 0.29) is 5.41 Å². The van der Waals surface area contributed by atoms with Crippen LogP contribution in [0.15, 0.2) is 35.6 Å². The van der Waals surface area contributed by atoms with Gasteiger partial charge in [-0.05, 0) is 36.0 Å². The zero-order chi connectivity index (χ0) is 20.1. The van der Waals surface area contributed by atoms with Gasteiger partial charge in [0.25, 0.3) is 0 Å². The first-order valence-corrected chi connectivity index (χ1v) is 10.0. The van der Waals surface area contributed by atoms with E-state index in [0.717, 1.165) is 37.7 Å². The molecule has 0 saturated carbocycles. The van der Waals surface area contributed by atoms with Gasteiger partial charge in [-0.1, -0.05) is 32.9 Å². The van der Waals surface area contributed by atoms with Gasteiger partial charge in [0, 0.05) is 38.9 Å². The number of guanidine groups is 1. The lowest BCUT2D eigenvalue weighted by atomic mass is 9.87. The molecule has 7 nitrogen and oxygen atoms in total. The first-order chi connectivity index (χ1) is 13.4. The summed E-state index contributed by atoms with van der Waals surface area (Å²) in [5.41, 5.74) is 2.89. The zero-order valence-electron chi connectivity index (χ0n) is 17.7. The van der Waals surface area contributed by atoms with Crippen molar-refractivity contribution in [2.24, 2.45) is 12.0 Å². The molecular weight excluding hydrogens is 350 g/mol. The molecule has 0 atom stereocenters. The number of aliphatic imine (C=N–C) groups is 1. The third-order valence-corrected chi connectivity index (χ3v) is 5.38. The normalized spacial score (nSPS) is 16.3. The van der Waals surface area contributed by atoms with Gasteiger partial charge in [-0.2, -0.15) is 5.10 Å². The molecule has 1 aromatic heterocycles. The lowest BCUT2D eigenvalue weighted by Gasteiger charge is -2.35. The first kappa shape index (κ1) is 20.2. The molecule has 0 amide bonds. The molecule has 1 fully saturated rings. The van der Waals surface area contributed by atoms with Gasteiger partial charge in [0.2, 0.25) is 0 Å². The largest absolute Gasteiger partial charge is 0.371 e. The number of nitrogens with one attached hydrogen (secondary N) is 2. The number of aryl methyl sites for hydroxylation is 1. The van der Waals surface area contributed by atoms with E-state index in [1.165, 1.54) is 11.3 Å². The Morgan fingerprint density at radius 1 is 1.18 bits per heavy atom. The van der Waals surface area contributed by atoms with Crippen LogP contribution >= 0.6 is 0 Å². The molecule has 1 aliphatic rings. The smallest absolute Gasteiger partial charge is 0.191 e. The van der Waals surface area contributed by atoms with Crippen molar-refractivity contribution in [2.45, 2.75) is 51.6 Å². The fraction of sp³-hybridized carbons (Fsp3) is 0.571.